The van der Waals surface area contributed by atoms with Crippen molar-refractivity contribution in [3.8, 4) is 11.1 Å². The van der Waals surface area contributed by atoms with E-state index in [0.29, 0.717) is 22.5 Å². The second-order valence-corrected chi connectivity index (χ2v) is 7.91. The number of hydrazine groups is 1. The number of pyridine rings is 1. The second-order valence-electron chi connectivity index (χ2n) is 7.91. The van der Waals surface area contributed by atoms with Gasteiger partial charge in [-0.1, -0.05) is 22.8 Å². The Labute approximate surface area is 189 Å². The minimum Gasteiger partial charge on any atom is -0.380 e. The van der Waals surface area contributed by atoms with Gasteiger partial charge < -0.3 is 5.11 Å². The summed E-state index contributed by atoms with van der Waals surface area (Å²) in [6.07, 6.45) is 8.05. The van der Waals surface area contributed by atoms with Crippen molar-refractivity contribution in [3.05, 3.63) is 65.8 Å². The molecule has 1 aliphatic rings. The van der Waals surface area contributed by atoms with Crippen LogP contribution in [0.5, 0.6) is 0 Å². The first-order chi connectivity index (χ1) is 15.6. The van der Waals surface area contributed by atoms with Crippen molar-refractivity contribution in [2.45, 2.75) is 31.8 Å². The molecule has 0 saturated heterocycles. The summed E-state index contributed by atoms with van der Waals surface area (Å²) >= 11 is 0. The van der Waals surface area contributed by atoms with E-state index in [1.165, 1.54) is 17.7 Å². The van der Waals surface area contributed by atoms with Gasteiger partial charge >= 0.3 is 5.92 Å². The summed E-state index contributed by atoms with van der Waals surface area (Å²) < 4.78 is 46.5. The van der Waals surface area contributed by atoms with E-state index in [2.05, 4.69) is 20.1 Å². The quantitative estimate of drug-likeness (QED) is 0.238. The summed E-state index contributed by atoms with van der Waals surface area (Å²) in [7, 11) is 1.62. The maximum atomic E-state index is 15.8. The van der Waals surface area contributed by atoms with Gasteiger partial charge in [0.1, 0.15) is 17.3 Å². The van der Waals surface area contributed by atoms with Crippen LogP contribution in [-0.2, 0) is 5.92 Å². The van der Waals surface area contributed by atoms with Gasteiger partial charge in [0.2, 0.25) is 0 Å². The van der Waals surface area contributed by atoms with Gasteiger partial charge in [0.15, 0.2) is 11.9 Å². The summed E-state index contributed by atoms with van der Waals surface area (Å²) in [5.74, 6) is 0.0271. The highest BCUT2D eigenvalue weighted by Gasteiger charge is 2.61. The molecule has 0 bridgehead atoms. The molecule has 2 atom stereocenters. The van der Waals surface area contributed by atoms with Gasteiger partial charge in [0, 0.05) is 29.7 Å². The molecule has 3 rings (SSSR count). The molecule has 5 N–H and O–H groups in total. The number of alkyl halides is 2. The molecule has 176 valence electrons. The molecule has 0 spiro atoms. The van der Waals surface area contributed by atoms with E-state index in [9.17, 15) is 9.50 Å². The van der Waals surface area contributed by atoms with Crippen LogP contribution in [-0.4, -0.2) is 50.6 Å². The zero-order chi connectivity index (χ0) is 24.2. The first kappa shape index (κ1) is 24.5. The van der Waals surface area contributed by atoms with Gasteiger partial charge in [-0.15, -0.1) is 0 Å². The van der Waals surface area contributed by atoms with Crippen LogP contribution < -0.4 is 11.3 Å². The number of aromatic nitrogens is 3. The van der Waals surface area contributed by atoms with Crippen LogP contribution in [0, 0.1) is 12.8 Å². The van der Waals surface area contributed by atoms with Gasteiger partial charge in [0.05, 0.1) is 19.5 Å². The Morgan fingerprint density at radius 1 is 1.21 bits per heavy atom. The zero-order valence-electron chi connectivity index (χ0n) is 18.6. The van der Waals surface area contributed by atoms with Crippen molar-refractivity contribution in [1.29, 1.82) is 0 Å². The van der Waals surface area contributed by atoms with Crippen LogP contribution in [0.3, 0.4) is 0 Å². The first-order valence-electron chi connectivity index (χ1n) is 10.3. The lowest BCUT2D eigenvalue weighted by molar-refractivity contribution is -0.633. The molecule has 8 nitrogen and oxygen atoms in total. The Morgan fingerprint density at radius 2 is 1.88 bits per heavy atom. The second kappa shape index (κ2) is 9.77. The average molecular weight is 463 g/mol. The van der Waals surface area contributed by atoms with Crippen molar-refractivity contribution < 1.29 is 23.7 Å². The molecule has 2 heterocycles. The van der Waals surface area contributed by atoms with Crippen LogP contribution in [0.25, 0.3) is 11.1 Å². The topological polar surface area (TPSA) is 117 Å². The Kier molecular flexibility index (Phi) is 7.25. The van der Waals surface area contributed by atoms with Crippen molar-refractivity contribution in [1.82, 2.24) is 20.0 Å². The number of hydrogen-bond donors (Lipinski definition) is 3. The van der Waals surface area contributed by atoms with E-state index < -0.39 is 35.5 Å². The molecule has 11 heteroatoms. The van der Waals surface area contributed by atoms with Crippen LogP contribution in [0.1, 0.15) is 24.9 Å². The molecule has 0 fully saturated rings. The first-order valence-corrected chi connectivity index (χ1v) is 10.3. The Bertz CT molecular complexity index is 1050. The standard InChI is InChI=1S/C22H26F3N7O/c1-14-4-6-18(19(23)8-14)21(33,12-32(26)13-31-27-3)22(24,25)20-7-5-16(9-30-20)17-10-28-15(2)29-11-17/h4-5,7-11,13,18,27,33H,6,12,26H2,1-3H3/p+1. The highest BCUT2D eigenvalue weighted by Crippen LogP contribution is 2.48. The summed E-state index contributed by atoms with van der Waals surface area (Å²) in [5, 5.41) is 15.9. The maximum Gasteiger partial charge on any atom is 0.320 e. The van der Waals surface area contributed by atoms with Gasteiger partial charge in [0.25, 0.3) is 0 Å². The van der Waals surface area contributed by atoms with Gasteiger partial charge in [-0.3, -0.25) is 9.99 Å². The largest absolute Gasteiger partial charge is 0.380 e. The highest BCUT2D eigenvalue weighted by atomic mass is 19.3. The molecule has 0 aliphatic heterocycles. The third-order valence-corrected chi connectivity index (χ3v) is 5.48. The third kappa shape index (κ3) is 5.10. The smallest absolute Gasteiger partial charge is 0.320 e. The maximum absolute atomic E-state index is 15.8. The number of nitrogens with two attached hydrogens (primary N) is 2. The van der Waals surface area contributed by atoms with Crippen LogP contribution in [0.15, 0.2) is 59.4 Å². The van der Waals surface area contributed by atoms with Crippen molar-refractivity contribution in [2.24, 2.45) is 16.9 Å². The lowest BCUT2D eigenvalue weighted by Gasteiger charge is -2.42. The van der Waals surface area contributed by atoms with Crippen LogP contribution in [0.4, 0.5) is 13.2 Å². The Morgan fingerprint density at radius 3 is 2.45 bits per heavy atom. The molecule has 0 aromatic carbocycles. The van der Waals surface area contributed by atoms with E-state index in [0.717, 1.165) is 23.5 Å². The minimum absolute atomic E-state index is 0.121. The molecular formula is C22H27F3N7O+. The lowest BCUT2D eigenvalue weighted by atomic mass is 9.75. The fourth-order valence-electron chi connectivity index (χ4n) is 3.63. The predicted octanol–water partition coefficient (Wildman–Crippen LogP) is 1.80. The predicted molar refractivity (Wildman–Crippen MR) is 117 cm³/mol. The Balaban J connectivity index is 2.00. The molecule has 1 aliphatic carbocycles. The minimum atomic E-state index is -3.95. The van der Waals surface area contributed by atoms with Crippen molar-refractivity contribution in [3.63, 3.8) is 0 Å². The number of halogens is 3. The molecule has 0 amide bonds. The summed E-state index contributed by atoms with van der Waals surface area (Å²) in [5.41, 5.74) is -0.524. The zero-order valence-corrected chi connectivity index (χ0v) is 18.6. The number of quaternary nitrogens is 1. The lowest BCUT2D eigenvalue weighted by Crippen LogP contribution is -2.73. The number of nitrogens with zero attached hydrogens (tertiary/aromatic N) is 5. The fourth-order valence-corrected chi connectivity index (χ4v) is 3.63. The molecular weight excluding hydrogens is 435 g/mol. The molecule has 2 unspecified atom stereocenters. The van der Waals surface area contributed by atoms with Crippen molar-refractivity contribution in [2.75, 3.05) is 13.6 Å². The molecule has 0 radical (unpaired) electrons. The fraction of sp³-hybridized carbons (Fsp3) is 0.364. The van der Waals surface area contributed by atoms with Crippen LogP contribution >= 0.6 is 0 Å². The van der Waals surface area contributed by atoms with Crippen LogP contribution in [0.2, 0.25) is 0 Å². The third-order valence-electron chi connectivity index (χ3n) is 5.48. The number of aliphatic hydroxyl groups is 1. The molecule has 33 heavy (non-hydrogen) atoms. The summed E-state index contributed by atoms with van der Waals surface area (Å²) in [6.45, 7) is 2.60. The molecule has 2 aromatic heterocycles. The van der Waals surface area contributed by atoms with Gasteiger partial charge in [-0.2, -0.15) is 8.78 Å². The van der Waals surface area contributed by atoms with E-state index in [-0.39, 0.29) is 6.42 Å². The number of rotatable bonds is 8. The van der Waals surface area contributed by atoms with E-state index in [4.69, 9.17) is 5.84 Å². The van der Waals surface area contributed by atoms with E-state index >= 15 is 8.78 Å². The molecule has 0 saturated carbocycles. The Hall–Kier alpha value is -3.15. The summed E-state index contributed by atoms with van der Waals surface area (Å²) in [4.78, 5) is 12.1. The van der Waals surface area contributed by atoms with E-state index in [1.807, 2.05) is 0 Å². The highest BCUT2D eigenvalue weighted by molar-refractivity contribution is 5.60. The van der Waals surface area contributed by atoms with Gasteiger partial charge in [-0.05, 0) is 32.4 Å². The normalized spacial score (nSPS) is 18.6. The number of allylic oxidation sites excluding steroid dienone is 3. The summed E-state index contributed by atoms with van der Waals surface area (Å²) in [6, 6.07) is 2.52. The van der Waals surface area contributed by atoms with E-state index in [1.54, 1.807) is 39.4 Å². The SMILES string of the molecule is C[NH2+]N=CN(N)CC(O)(C1CC=C(C)C=C1F)C(F)(F)c1ccc(-c2cnc(C)nc2)cn1. The average Bonchev–Trinajstić information content (AvgIpc) is 2.78. The van der Waals surface area contributed by atoms with Crippen molar-refractivity contribution >= 4 is 6.34 Å². The number of aryl methyl sites for hydroxylation is 1. The molecule has 2 aromatic rings. The monoisotopic (exact) mass is 462 g/mol. The number of hydrogen-bond acceptors (Lipinski definition) is 6. The van der Waals surface area contributed by atoms with Gasteiger partial charge in [-0.25, -0.2) is 25.6 Å².